The zero-order valence-corrected chi connectivity index (χ0v) is 43.9. The molecule has 0 radical (unpaired) electrons. The molecule has 1 unspecified atom stereocenters. The number of nitrogens with two attached hydrogens (primary N) is 1. The van der Waals surface area contributed by atoms with Crippen LogP contribution in [0.5, 0.6) is 0 Å². The number of rotatable bonds is 21. The number of aliphatic hydroxyl groups excluding tert-OH is 1. The lowest BCUT2D eigenvalue weighted by Crippen LogP contribution is -2.41. The van der Waals surface area contributed by atoms with E-state index in [-0.39, 0.29) is 101 Å². The standard InChI is InChI=1S/C42H50N10O21P2S2/c1-4-44-25-14-12-23-29(24-13-15-26(45-5-2)36(77(66,67)68)33(24)71-32(23)35(25)76(63,64)65)21-9-6-7-10-22(21)39(56)51(3)18-8-11-28(53)46-16-17-47-42(57)72-34-31(54)27(19-69-75(61,62)73-74(58,59)60)70-40(34)52-20-48-30-37(52)49-41(43)50-38(30)55/h6-7,9-10,12-15,20,27,31,34,40,44,54H,4-5,8,11,16-19H2,1-3H3,(H,46,53)(H,47,57)(H,61,62)(H2,58,59,60)(H,63,64,65)(H,66,67,68)(H3,43,49,50,55)/t27-,31-,34-,40-/m1/s1. The third-order valence-electron chi connectivity index (χ3n) is 11.4. The van der Waals surface area contributed by atoms with Crippen molar-refractivity contribution in [2.45, 2.75) is 61.0 Å². The van der Waals surface area contributed by atoms with Crippen LogP contribution in [0, 0.1) is 0 Å². The number of carbonyl (C=O) groups is 3. The molecule has 5 atom stereocenters. The van der Waals surface area contributed by atoms with Crippen LogP contribution in [0.2, 0.25) is 0 Å². The zero-order chi connectivity index (χ0) is 56.4. The van der Waals surface area contributed by atoms with Gasteiger partial charge in [-0.05, 0) is 56.2 Å². The maximum absolute atomic E-state index is 14.3. The third-order valence-corrected chi connectivity index (χ3v) is 15.4. The fourth-order valence-corrected chi connectivity index (χ4v) is 11.5. The fraction of sp³-hybridized carbons (Fsp3) is 0.357. The van der Waals surface area contributed by atoms with Crippen molar-refractivity contribution in [1.29, 1.82) is 0 Å². The van der Waals surface area contributed by atoms with E-state index in [4.69, 9.17) is 29.4 Å². The average Bonchev–Trinajstić information content (AvgIpc) is 3.89. The molecule has 7 rings (SSSR count). The molecular weight excluding hydrogens is 1110 g/mol. The zero-order valence-electron chi connectivity index (χ0n) is 40.5. The van der Waals surface area contributed by atoms with Crippen molar-refractivity contribution in [2.24, 2.45) is 4.99 Å². The molecule has 1 saturated heterocycles. The fourth-order valence-electron chi connectivity index (χ4n) is 8.33. The number of hydrogen-bond donors (Lipinski definition) is 11. The minimum absolute atomic E-state index is 0.00123. The first-order chi connectivity index (χ1) is 36.1. The molecule has 0 bridgehead atoms. The maximum atomic E-state index is 14.3. The van der Waals surface area contributed by atoms with E-state index in [1.54, 1.807) is 26.0 Å². The lowest BCUT2D eigenvalue weighted by molar-refractivity contribution is -0.121. The number of H-pyrrole nitrogens is 1. The van der Waals surface area contributed by atoms with Gasteiger partial charge in [-0.15, -0.1) is 0 Å². The van der Waals surface area contributed by atoms with Crippen LogP contribution in [0.4, 0.5) is 16.4 Å². The van der Waals surface area contributed by atoms with Gasteiger partial charge in [0.05, 0.1) is 24.0 Å². The Morgan fingerprint density at radius 3 is 2.35 bits per heavy atom. The van der Waals surface area contributed by atoms with Gasteiger partial charge in [0, 0.05) is 68.3 Å². The Labute approximate surface area is 435 Å². The summed E-state index contributed by atoms with van der Waals surface area (Å²) in [6.07, 6.45) is -7.02. The number of fused-ring (bicyclic) bond motifs is 3. The molecule has 35 heteroatoms. The van der Waals surface area contributed by atoms with E-state index < -0.39 is 112 Å². The number of nitrogens with zero attached hydrogens (tertiary/aromatic N) is 5. The normalized spacial score (nSPS) is 18.1. The lowest BCUT2D eigenvalue weighted by atomic mass is 9.90. The Kier molecular flexibility index (Phi) is 17.4. The van der Waals surface area contributed by atoms with Crippen molar-refractivity contribution >= 4 is 87.6 Å². The maximum Gasteiger partial charge on any atom is 0.481 e. The lowest BCUT2D eigenvalue weighted by Gasteiger charge is -2.23. The Morgan fingerprint density at radius 1 is 0.974 bits per heavy atom. The highest BCUT2D eigenvalue weighted by atomic mass is 32.2. The van der Waals surface area contributed by atoms with Crippen LogP contribution in [0.3, 0.4) is 0 Å². The van der Waals surface area contributed by atoms with Crippen molar-refractivity contribution in [2.75, 3.05) is 57.4 Å². The Balaban J connectivity index is 1.02. The van der Waals surface area contributed by atoms with Crippen molar-refractivity contribution in [1.82, 2.24) is 35.1 Å². The molecule has 12 N–H and O–H groups in total. The Morgan fingerprint density at radius 2 is 1.68 bits per heavy atom. The Hall–Kier alpha value is -6.71. The molecule has 3 amide bonds. The number of hydrogen-bond acceptors (Lipinski definition) is 21. The van der Waals surface area contributed by atoms with Crippen LogP contribution >= 0.6 is 15.6 Å². The van der Waals surface area contributed by atoms with Crippen LogP contribution in [0.25, 0.3) is 44.6 Å². The molecule has 0 saturated carbocycles. The summed E-state index contributed by atoms with van der Waals surface area (Å²) in [4.78, 5) is 94.4. The van der Waals surface area contributed by atoms with Crippen LogP contribution in [0.1, 0.15) is 43.3 Å². The number of benzene rings is 3. The average molecular weight is 1160 g/mol. The highest BCUT2D eigenvalue weighted by Crippen LogP contribution is 2.58. The molecule has 2 aliphatic heterocycles. The van der Waals surface area contributed by atoms with Crippen molar-refractivity contribution in [3.63, 3.8) is 0 Å². The molecule has 4 heterocycles. The van der Waals surface area contributed by atoms with Crippen molar-refractivity contribution in [3.8, 4) is 22.5 Å². The van der Waals surface area contributed by atoms with Crippen LogP contribution in [0.15, 0.2) is 78.9 Å². The highest BCUT2D eigenvalue weighted by molar-refractivity contribution is 7.86. The summed E-state index contributed by atoms with van der Waals surface area (Å²) < 4.78 is 123. The number of aliphatic hydroxyl groups is 1. The number of aromatic amines is 1. The van der Waals surface area contributed by atoms with Gasteiger partial charge in [0.15, 0.2) is 44.6 Å². The van der Waals surface area contributed by atoms with E-state index in [1.807, 2.05) is 0 Å². The summed E-state index contributed by atoms with van der Waals surface area (Å²) in [7, 11) is -19.8. The number of nitrogens with one attached hydrogen (secondary N) is 4. The second-order valence-corrected chi connectivity index (χ2v) is 22.3. The predicted octanol–water partition coefficient (Wildman–Crippen LogP) is 1.31. The van der Waals surface area contributed by atoms with E-state index >= 15 is 0 Å². The molecule has 1 fully saturated rings. The largest absolute Gasteiger partial charge is 0.481 e. The summed E-state index contributed by atoms with van der Waals surface area (Å²) in [6.45, 7) is 2.05. The van der Waals surface area contributed by atoms with Gasteiger partial charge in [-0.1, -0.05) is 18.2 Å². The SMILES string of the molecule is CCN=c1ccc2c(-c3ccccc3C(=O)N(C)CCCC(=O)NCCNC(=O)O[C@@H]3[C@H](O)[C@@H](COP(=O)(O)OP(=O)(O)O)O[C@H]3n3cnc4c(=O)[nH]c(N)nc43)c3ccc(NCC)c(S(=O)(=O)O)c3oc-2c1S(=O)(=O)O. The van der Waals surface area contributed by atoms with Gasteiger partial charge < -0.3 is 60.3 Å². The van der Waals surface area contributed by atoms with Gasteiger partial charge in [0.2, 0.25) is 11.9 Å². The van der Waals surface area contributed by atoms with Crippen LogP contribution < -0.4 is 32.6 Å². The van der Waals surface area contributed by atoms with E-state index in [2.05, 4.69) is 44.7 Å². The summed E-state index contributed by atoms with van der Waals surface area (Å²) in [5.41, 5.74) is 4.18. The quantitative estimate of drug-likeness (QED) is 0.0209. The van der Waals surface area contributed by atoms with Gasteiger partial charge in [-0.25, -0.2) is 18.9 Å². The number of anilines is 2. The molecule has 77 heavy (non-hydrogen) atoms. The first-order valence-electron chi connectivity index (χ1n) is 22.8. The molecule has 3 aliphatic rings. The predicted molar refractivity (Wildman–Crippen MR) is 267 cm³/mol. The smallest absolute Gasteiger partial charge is 0.453 e. The molecule has 0 spiro atoms. The third kappa shape index (κ3) is 13.2. The number of phosphoric acid groups is 2. The topological polar surface area (TPSA) is 466 Å². The monoisotopic (exact) mass is 1160 g/mol. The van der Waals surface area contributed by atoms with Gasteiger partial charge in [-0.2, -0.15) is 26.1 Å². The number of imidazole rings is 1. The van der Waals surface area contributed by atoms with Crippen molar-refractivity contribution in [3.05, 3.63) is 76.1 Å². The number of carbonyl (C=O) groups excluding carboxylic acids is 3. The second kappa shape index (κ2) is 23.1. The molecule has 2 aromatic carbocycles. The second-order valence-electron chi connectivity index (χ2n) is 16.7. The van der Waals surface area contributed by atoms with Gasteiger partial charge in [0.25, 0.3) is 31.7 Å². The Bertz CT molecular complexity index is 3700. The molecule has 4 aromatic rings. The number of aromatic nitrogens is 4. The van der Waals surface area contributed by atoms with Gasteiger partial charge in [0.1, 0.15) is 12.2 Å². The minimum Gasteiger partial charge on any atom is -0.453 e. The van der Waals surface area contributed by atoms with Gasteiger partial charge in [-0.3, -0.25) is 42.6 Å². The summed E-state index contributed by atoms with van der Waals surface area (Å²) in [5.74, 6) is -1.98. The van der Waals surface area contributed by atoms with E-state index in [1.165, 1.54) is 48.3 Å². The number of alkyl carbamates (subject to hydrolysis) is 1. The van der Waals surface area contributed by atoms with E-state index in [9.17, 15) is 64.2 Å². The number of ether oxygens (including phenoxy) is 2. The summed E-state index contributed by atoms with van der Waals surface area (Å²) in [6, 6.07) is 11.7. The van der Waals surface area contributed by atoms with E-state index in [0.29, 0.717) is 0 Å². The molecule has 2 aromatic heterocycles. The molecule has 31 nitrogen and oxygen atoms in total. The van der Waals surface area contributed by atoms with Crippen LogP contribution in [-0.2, 0) is 52.5 Å². The first-order valence-corrected chi connectivity index (χ1v) is 28.7. The van der Waals surface area contributed by atoms with E-state index in [0.717, 1.165) is 10.9 Å². The summed E-state index contributed by atoms with van der Waals surface area (Å²) >= 11 is 0. The highest BCUT2D eigenvalue weighted by Gasteiger charge is 2.49. The molecule has 1 aliphatic carbocycles. The van der Waals surface area contributed by atoms with Gasteiger partial charge >= 0.3 is 21.7 Å². The number of nitrogen functional groups attached to an aromatic ring is 1. The summed E-state index contributed by atoms with van der Waals surface area (Å²) in [5, 5.41) is 18.7. The number of amides is 3. The minimum atomic E-state index is -5.53. The molecular formula is C42H50N10O21P2S2. The van der Waals surface area contributed by atoms with Crippen LogP contribution in [-0.4, -0.2) is 153 Å². The number of phosphoric ester groups is 1. The van der Waals surface area contributed by atoms with Crippen molar-refractivity contribution < 1.29 is 92.0 Å². The molecule has 416 valence electrons. The first kappa shape index (κ1) is 58.0.